The Labute approximate surface area is 127 Å². The number of rotatable bonds is 4. The fourth-order valence-corrected chi connectivity index (χ4v) is 2.84. The van der Waals surface area contributed by atoms with Gasteiger partial charge in [-0.1, -0.05) is 29.3 Å². The van der Waals surface area contributed by atoms with Crippen LogP contribution >= 0.6 is 15.9 Å². The Kier molecular flexibility index (Phi) is 4.61. The first-order valence-corrected chi connectivity index (χ1v) is 7.23. The van der Waals surface area contributed by atoms with E-state index in [1.165, 1.54) is 11.1 Å². The summed E-state index contributed by atoms with van der Waals surface area (Å²) < 4.78 is 5.97. The Morgan fingerprint density at radius 1 is 1.10 bits per heavy atom. The highest BCUT2D eigenvalue weighted by molar-refractivity contribution is 9.10. The van der Waals surface area contributed by atoms with Crippen LogP contribution in [0.4, 0.5) is 0 Å². The SMILES string of the molecule is COc1ccc(C(=O)Cc2cc(C)cc(C)c2)cc1Br. The van der Waals surface area contributed by atoms with Crippen LogP contribution in [0.1, 0.15) is 27.0 Å². The van der Waals surface area contributed by atoms with Gasteiger partial charge in [0.2, 0.25) is 0 Å². The van der Waals surface area contributed by atoms with E-state index in [1.54, 1.807) is 19.2 Å². The van der Waals surface area contributed by atoms with Crippen molar-refractivity contribution in [1.29, 1.82) is 0 Å². The normalized spacial score (nSPS) is 10.4. The molecule has 20 heavy (non-hydrogen) atoms. The lowest BCUT2D eigenvalue weighted by molar-refractivity contribution is 0.0993. The Bertz CT molecular complexity index is 627. The van der Waals surface area contributed by atoms with Crippen LogP contribution in [0, 0.1) is 13.8 Å². The third-order valence-electron chi connectivity index (χ3n) is 3.12. The maximum absolute atomic E-state index is 12.3. The average Bonchev–Trinajstić information content (AvgIpc) is 2.37. The lowest BCUT2D eigenvalue weighted by Crippen LogP contribution is -2.04. The molecule has 0 aliphatic rings. The van der Waals surface area contributed by atoms with Gasteiger partial charge in [0.05, 0.1) is 11.6 Å². The highest BCUT2D eigenvalue weighted by Crippen LogP contribution is 2.26. The minimum atomic E-state index is 0.110. The summed E-state index contributed by atoms with van der Waals surface area (Å²) in [5.74, 6) is 0.839. The molecule has 0 N–H and O–H groups in total. The van der Waals surface area contributed by atoms with Crippen molar-refractivity contribution < 1.29 is 9.53 Å². The summed E-state index contributed by atoms with van der Waals surface area (Å²) >= 11 is 3.41. The smallest absolute Gasteiger partial charge is 0.167 e. The number of ether oxygens (including phenoxy) is 1. The summed E-state index contributed by atoms with van der Waals surface area (Å²) in [6.45, 7) is 4.09. The number of aryl methyl sites for hydroxylation is 2. The van der Waals surface area contributed by atoms with Gasteiger partial charge in [0.15, 0.2) is 5.78 Å². The van der Waals surface area contributed by atoms with E-state index in [0.717, 1.165) is 15.8 Å². The Morgan fingerprint density at radius 2 is 1.75 bits per heavy atom. The van der Waals surface area contributed by atoms with Crippen LogP contribution in [0.25, 0.3) is 0 Å². The number of benzene rings is 2. The zero-order chi connectivity index (χ0) is 14.7. The molecule has 0 spiro atoms. The maximum Gasteiger partial charge on any atom is 0.167 e. The average molecular weight is 333 g/mol. The van der Waals surface area contributed by atoms with E-state index in [4.69, 9.17) is 4.74 Å². The summed E-state index contributed by atoms with van der Waals surface area (Å²) in [6, 6.07) is 11.6. The van der Waals surface area contributed by atoms with E-state index in [1.807, 2.05) is 19.9 Å². The highest BCUT2D eigenvalue weighted by atomic mass is 79.9. The number of hydrogen-bond donors (Lipinski definition) is 0. The topological polar surface area (TPSA) is 26.3 Å². The first kappa shape index (κ1) is 14.8. The summed E-state index contributed by atoms with van der Waals surface area (Å²) in [5.41, 5.74) is 4.11. The molecule has 0 amide bonds. The number of halogens is 1. The Balaban J connectivity index is 2.21. The molecule has 0 fully saturated rings. The molecule has 0 bridgehead atoms. The maximum atomic E-state index is 12.3. The lowest BCUT2D eigenvalue weighted by Gasteiger charge is -2.07. The molecule has 0 unspecified atom stereocenters. The molecule has 3 heteroatoms. The van der Waals surface area contributed by atoms with Gasteiger partial charge < -0.3 is 4.74 Å². The monoisotopic (exact) mass is 332 g/mol. The van der Waals surface area contributed by atoms with Crippen LogP contribution in [0.2, 0.25) is 0 Å². The quantitative estimate of drug-likeness (QED) is 0.770. The first-order chi connectivity index (χ1) is 9.49. The number of hydrogen-bond acceptors (Lipinski definition) is 2. The molecule has 0 atom stereocenters. The molecular formula is C17H17BrO2. The fourth-order valence-electron chi connectivity index (χ4n) is 2.30. The van der Waals surface area contributed by atoms with Crippen LogP contribution in [-0.4, -0.2) is 12.9 Å². The Hall–Kier alpha value is -1.61. The number of Topliss-reactive ketones (excluding diaryl/α,β-unsaturated/α-hetero) is 1. The third kappa shape index (κ3) is 3.48. The second kappa shape index (κ2) is 6.23. The zero-order valence-corrected chi connectivity index (χ0v) is 13.5. The van der Waals surface area contributed by atoms with E-state index in [-0.39, 0.29) is 5.78 Å². The van der Waals surface area contributed by atoms with Crippen molar-refractivity contribution in [3.05, 3.63) is 63.1 Å². The predicted molar refractivity (Wildman–Crippen MR) is 84.6 cm³/mol. The summed E-state index contributed by atoms with van der Waals surface area (Å²) in [6.07, 6.45) is 0.418. The van der Waals surface area contributed by atoms with E-state index < -0.39 is 0 Å². The van der Waals surface area contributed by atoms with Crippen molar-refractivity contribution in [3.8, 4) is 5.75 Å². The van der Waals surface area contributed by atoms with Gasteiger partial charge in [-0.2, -0.15) is 0 Å². The van der Waals surface area contributed by atoms with Gasteiger partial charge in [-0.25, -0.2) is 0 Å². The molecule has 0 aliphatic carbocycles. The van der Waals surface area contributed by atoms with Crippen molar-refractivity contribution in [2.75, 3.05) is 7.11 Å². The van der Waals surface area contributed by atoms with Crippen LogP contribution < -0.4 is 4.74 Å². The van der Waals surface area contributed by atoms with E-state index in [2.05, 4.69) is 34.1 Å². The summed E-state index contributed by atoms with van der Waals surface area (Å²) in [4.78, 5) is 12.3. The summed E-state index contributed by atoms with van der Waals surface area (Å²) in [7, 11) is 1.61. The molecule has 0 saturated heterocycles. The molecule has 104 valence electrons. The van der Waals surface area contributed by atoms with Gasteiger partial charge in [0, 0.05) is 12.0 Å². The van der Waals surface area contributed by atoms with Crippen LogP contribution in [-0.2, 0) is 6.42 Å². The number of methoxy groups -OCH3 is 1. The lowest BCUT2D eigenvalue weighted by atomic mass is 10.00. The van der Waals surface area contributed by atoms with Crippen molar-refractivity contribution in [2.45, 2.75) is 20.3 Å². The molecule has 0 heterocycles. The van der Waals surface area contributed by atoms with Crippen molar-refractivity contribution in [3.63, 3.8) is 0 Å². The molecule has 2 nitrogen and oxygen atoms in total. The number of carbonyl (C=O) groups excluding carboxylic acids is 1. The molecule has 2 aromatic carbocycles. The standard InChI is InChI=1S/C17H17BrO2/c1-11-6-12(2)8-13(7-11)9-16(19)14-4-5-17(20-3)15(18)10-14/h4-8,10H,9H2,1-3H3. The van der Waals surface area contributed by atoms with Gasteiger partial charge >= 0.3 is 0 Å². The number of carbonyl (C=O) groups is 1. The summed E-state index contributed by atoms with van der Waals surface area (Å²) in [5, 5.41) is 0. The first-order valence-electron chi connectivity index (χ1n) is 6.43. The van der Waals surface area contributed by atoms with Gasteiger partial charge in [-0.3, -0.25) is 4.79 Å². The van der Waals surface area contributed by atoms with E-state index in [9.17, 15) is 4.79 Å². The molecule has 2 rings (SSSR count). The van der Waals surface area contributed by atoms with Gasteiger partial charge in [-0.15, -0.1) is 0 Å². The molecule has 0 aliphatic heterocycles. The molecule has 0 saturated carbocycles. The van der Waals surface area contributed by atoms with Crippen LogP contribution in [0.3, 0.4) is 0 Å². The minimum Gasteiger partial charge on any atom is -0.496 e. The molecule has 0 radical (unpaired) electrons. The Morgan fingerprint density at radius 3 is 2.30 bits per heavy atom. The van der Waals surface area contributed by atoms with E-state index in [0.29, 0.717) is 12.0 Å². The zero-order valence-electron chi connectivity index (χ0n) is 11.9. The minimum absolute atomic E-state index is 0.110. The molecule has 2 aromatic rings. The molecular weight excluding hydrogens is 316 g/mol. The van der Waals surface area contributed by atoms with Gasteiger partial charge in [0.25, 0.3) is 0 Å². The molecule has 0 aromatic heterocycles. The number of ketones is 1. The largest absolute Gasteiger partial charge is 0.496 e. The van der Waals surface area contributed by atoms with Crippen molar-refractivity contribution >= 4 is 21.7 Å². The van der Waals surface area contributed by atoms with Gasteiger partial charge in [0.1, 0.15) is 5.75 Å². The van der Waals surface area contributed by atoms with Crippen LogP contribution in [0.15, 0.2) is 40.9 Å². The third-order valence-corrected chi connectivity index (χ3v) is 3.74. The van der Waals surface area contributed by atoms with Crippen molar-refractivity contribution in [2.24, 2.45) is 0 Å². The predicted octanol–water partition coefficient (Wildman–Crippen LogP) is 4.50. The fraction of sp³-hybridized carbons (Fsp3) is 0.235. The van der Waals surface area contributed by atoms with E-state index >= 15 is 0 Å². The van der Waals surface area contributed by atoms with Gasteiger partial charge in [-0.05, 0) is 53.5 Å². The second-order valence-electron chi connectivity index (χ2n) is 4.95. The van der Waals surface area contributed by atoms with Crippen molar-refractivity contribution in [1.82, 2.24) is 0 Å². The second-order valence-corrected chi connectivity index (χ2v) is 5.80. The van der Waals surface area contributed by atoms with Crippen LogP contribution in [0.5, 0.6) is 5.75 Å². The highest BCUT2D eigenvalue weighted by Gasteiger charge is 2.10.